The Bertz CT molecular complexity index is 524. The number of hydrogen-bond donors (Lipinski definition) is 3. The minimum atomic E-state index is -1.50. The first kappa shape index (κ1) is 21.5. The number of aliphatic hydroxyl groups is 2. The van der Waals surface area contributed by atoms with Crippen molar-refractivity contribution in [2.75, 3.05) is 13.2 Å². The summed E-state index contributed by atoms with van der Waals surface area (Å²) in [6, 6.07) is -1.10. The van der Waals surface area contributed by atoms with Crippen LogP contribution in [0.4, 0.5) is 0 Å². The van der Waals surface area contributed by atoms with E-state index in [1.807, 2.05) is 26.8 Å². The van der Waals surface area contributed by atoms with E-state index >= 15 is 0 Å². The van der Waals surface area contributed by atoms with Gasteiger partial charge in [-0.1, -0.05) is 23.3 Å². The van der Waals surface area contributed by atoms with Crippen molar-refractivity contribution in [1.29, 1.82) is 0 Å². The summed E-state index contributed by atoms with van der Waals surface area (Å²) in [5.74, 6) is -1.06. The molecule has 1 aliphatic heterocycles. The Labute approximate surface area is 148 Å². The van der Waals surface area contributed by atoms with Crippen LogP contribution in [0.15, 0.2) is 23.3 Å². The number of amides is 1. The summed E-state index contributed by atoms with van der Waals surface area (Å²) in [5, 5.41) is 21.5. The van der Waals surface area contributed by atoms with Gasteiger partial charge in [-0.25, -0.2) is 0 Å². The summed E-state index contributed by atoms with van der Waals surface area (Å²) in [5.41, 5.74) is 2.40. The van der Waals surface area contributed by atoms with Crippen LogP contribution < -0.4 is 5.32 Å². The summed E-state index contributed by atoms with van der Waals surface area (Å²) in [6.45, 7) is 7.03. The largest absolute Gasteiger partial charge is 0.394 e. The average Bonchev–Trinajstić information content (AvgIpc) is 2.53. The lowest BCUT2D eigenvalue weighted by Crippen LogP contribution is -2.62. The lowest BCUT2D eigenvalue weighted by Gasteiger charge is -2.37. The van der Waals surface area contributed by atoms with Gasteiger partial charge in [-0.3, -0.25) is 9.59 Å². The van der Waals surface area contributed by atoms with Gasteiger partial charge in [0.25, 0.3) is 0 Å². The van der Waals surface area contributed by atoms with Crippen LogP contribution >= 0.6 is 0 Å². The number of carbonyl (C=O) groups is 2. The van der Waals surface area contributed by atoms with E-state index in [0.717, 1.165) is 18.4 Å². The minimum Gasteiger partial charge on any atom is -0.394 e. The predicted molar refractivity (Wildman–Crippen MR) is 92.7 cm³/mol. The predicted octanol–water partition coefficient (Wildman–Crippen LogP) is 0.848. The fourth-order valence-electron chi connectivity index (χ4n) is 2.44. The molecule has 1 amide bonds. The molecule has 142 valence electrons. The van der Waals surface area contributed by atoms with Gasteiger partial charge in [0.15, 0.2) is 12.1 Å². The third kappa shape index (κ3) is 7.07. The first-order valence-electron chi connectivity index (χ1n) is 8.42. The molecule has 1 saturated heterocycles. The third-order valence-electron chi connectivity index (χ3n) is 3.85. The van der Waals surface area contributed by atoms with Gasteiger partial charge >= 0.3 is 0 Å². The number of nitrogens with one attached hydrogen (secondary N) is 1. The van der Waals surface area contributed by atoms with E-state index in [1.54, 1.807) is 0 Å². The van der Waals surface area contributed by atoms with Gasteiger partial charge in [0.05, 0.1) is 13.2 Å². The van der Waals surface area contributed by atoms with Gasteiger partial charge < -0.3 is 25.0 Å². The number of rotatable bonds is 8. The summed E-state index contributed by atoms with van der Waals surface area (Å²) in [7, 11) is 0. The highest BCUT2D eigenvalue weighted by atomic mass is 16.7. The van der Waals surface area contributed by atoms with Gasteiger partial charge in [-0.2, -0.15) is 0 Å². The van der Waals surface area contributed by atoms with Crippen LogP contribution in [0, 0.1) is 0 Å². The molecule has 0 aromatic heterocycles. The molecule has 1 rings (SSSR count). The number of aliphatic hydroxyl groups excluding tert-OH is 2. The molecule has 0 aliphatic carbocycles. The molecular formula is C18H29NO6. The van der Waals surface area contributed by atoms with E-state index in [-0.39, 0.29) is 6.61 Å². The SMILES string of the molecule is CC(=O)N[C@@H]1C(=O)[C@H](O)[C@@H](CO)O[C@H]1OC/C=C(\C)CCC=C(C)C. The van der Waals surface area contributed by atoms with Crippen molar-refractivity contribution in [2.24, 2.45) is 0 Å². The average molecular weight is 355 g/mol. The van der Waals surface area contributed by atoms with Crippen LogP contribution in [-0.2, 0) is 19.1 Å². The topological polar surface area (TPSA) is 105 Å². The maximum absolute atomic E-state index is 12.2. The second-order valence-electron chi connectivity index (χ2n) is 6.45. The fraction of sp³-hybridized carbons (Fsp3) is 0.667. The number of ether oxygens (including phenoxy) is 2. The summed E-state index contributed by atoms with van der Waals surface area (Å²) in [6.07, 6.45) is 2.26. The molecule has 0 bridgehead atoms. The monoisotopic (exact) mass is 355 g/mol. The van der Waals surface area contributed by atoms with E-state index in [2.05, 4.69) is 11.4 Å². The second-order valence-corrected chi connectivity index (χ2v) is 6.45. The molecule has 0 radical (unpaired) electrons. The van der Waals surface area contributed by atoms with Crippen LogP contribution in [-0.4, -0.2) is 59.7 Å². The molecule has 3 N–H and O–H groups in total. The quantitative estimate of drug-likeness (QED) is 0.558. The highest BCUT2D eigenvalue weighted by Crippen LogP contribution is 2.19. The Balaban J connectivity index is 2.66. The van der Waals surface area contributed by atoms with Gasteiger partial charge in [0.1, 0.15) is 18.2 Å². The zero-order chi connectivity index (χ0) is 19.0. The highest BCUT2D eigenvalue weighted by Gasteiger charge is 2.45. The number of ketones is 1. The number of Topliss-reactive ketones (excluding diaryl/α,β-unsaturated/α-hetero) is 1. The Kier molecular flexibility index (Phi) is 8.99. The Morgan fingerprint density at radius 1 is 1.28 bits per heavy atom. The lowest BCUT2D eigenvalue weighted by atomic mass is 9.99. The van der Waals surface area contributed by atoms with E-state index in [1.165, 1.54) is 12.5 Å². The van der Waals surface area contributed by atoms with Crippen molar-refractivity contribution >= 4 is 11.7 Å². The maximum atomic E-state index is 12.2. The molecule has 4 atom stereocenters. The van der Waals surface area contributed by atoms with Gasteiger partial charge in [0.2, 0.25) is 5.91 Å². The molecular weight excluding hydrogens is 326 g/mol. The van der Waals surface area contributed by atoms with E-state index < -0.39 is 42.8 Å². The van der Waals surface area contributed by atoms with Crippen LogP contribution in [0.1, 0.15) is 40.5 Å². The number of hydrogen-bond acceptors (Lipinski definition) is 6. The van der Waals surface area contributed by atoms with Crippen molar-refractivity contribution in [3.63, 3.8) is 0 Å². The fourth-order valence-corrected chi connectivity index (χ4v) is 2.44. The van der Waals surface area contributed by atoms with Crippen molar-refractivity contribution in [2.45, 2.75) is 65.1 Å². The normalized spacial score (nSPS) is 27.1. The molecule has 1 aliphatic rings. The van der Waals surface area contributed by atoms with Crippen molar-refractivity contribution in [3.8, 4) is 0 Å². The summed E-state index contributed by atoms with van der Waals surface area (Å²) < 4.78 is 11.0. The van der Waals surface area contributed by atoms with Gasteiger partial charge in [0, 0.05) is 6.92 Å². The van der Waals surface area contributed by atoms with Crippen LogP contribution in [0.2, 0.25) is 0 Å². The first-order chi connectivity index (χ1) is 11.8. The molecule has 25 heavy (non-hydrogen) atoms. The molecule has 0 unspecified atom stereocenters. The zero-order valence-corrected chi connectivity index (χ0v) is 15.3. The minimum absolute atomic E-state index is 0.197. The number of carbonyl (C=O) groups excluding carboxylic acids is 2. The highest BCUT2D eigenvalue weighted by molar-refractivity contribution is 5.92. The third-order valence-corrected chi connectivity index (χ3v) is 3.85. The smallest absolute Gasteiger partial charge is 0.217 e. The lowest BCUT2D eigenvalue weighted by molar-refractivity contribution is -0.229. The molecule has 0 aromatic carbocycles. The second kappa shape index (κ2) is 10.5. The van der Waals surface area contributed by atoms with E-state index in [0.29, 0.717) is 0 Å². The molecule has 1 heterocycles. The van der Waals surface area contributed by atoms with Crippen molar-refractivity contribution in [3.05, 3.63) is 23.3 Å². The molecule has 1 fully saturated rings. The Hall–Kier alpha value is -1.54. The maximum Gasteiger partial charge on any atom is 0.217 e. The first-order valence-corrected chi connectivity index (χ1v) is 8.42. The van der Waals surface area contributed by atoms with Crippen LogP contribution in [0.5, 0.6) is 0 Å². The van der Waals surface area contributed by atoms with Crippen LogP contribution in [0.3, 0.4) is 0 Å². The summed E-state index contributed by atoms with van der Waals surface area (Å²) in [4.78, 5) is 23.5. The molecule has 7 heteroatoms. The molecule has 0 aromatic rings. The Morgan fingerprint density at radius 2 is 1.96 bits per heavy atom. The van der Waals surface area contributed by atoms with Crippen molar-refractivity contribution in [1.82, 2.24) is 5.32 Å². The zero-order valence-electron chi connectivity index (χ0n) is 15.3. The molecule has 7 nitrogen and oxygen atoms in total. The molecule has 0 spiro atoms. The number of allylic oxidation sites excluding steroid dienone is 3. The van der Waals surface area contributed by atoms with Gasteiger partial charge in [-0.05, 0) is 33.6 Å². The molecule has 0 saturated carbocycles. The van der Waals surface area contributed by atoms with Crippen LogP contribution in [0.25, 0.3) is 0 Å². The van der Waals surface area contributed by atoms with E-state index in [4.69, 9.17) is 9.47 Å². The summed E-state index contributed by atoms with van der Waals surface area (Å²) >= 11 is 0. The standard InChI is InChI=1S/C18H29NO6/c1-11(2)6-5-7-12(3)8-9-24-18-15(19-13(4)21)17(23)16(22)14(10-20)25-18/h6,8,14-16,18,20,22H,5,7,9-10H2,1-4H3,(H,19,21)/b12-8+/t14-,15-,16-,18-/m1/s1. The van der Waals surface area contributed by atoms with Crippen molar-refractivity contribution < 1.29 is 29.3 Å². The Morgan fingerprint density at radius 3 is 2.52 bits per heavy atom. The van der Waals surface area contributed by atoms with Gasteiger partial charge in [-0.15, -0.1) is 0 Å². The van der Waals surface area contributed by atoms with E-state index in [9.17, 15) is 19.8 Å².